The number of azide groups is 1. The van der Waals surface area contributed by atoms with Crippen molar-refractivity contribution in [3.05, 3.63) is 76.3 Å². The number of nitrogens with zero attached hydrogens (tertiary/aromatic N) is 4. The van der Waals surface area contributed by atoms with Gasteiger partial charge in [0.1, 0.15) is 0 Å². The van der Waals surface area contributed by atoms with Gasteiger partial charge in [-0.2, -0.15) is 0 Å². The minimum atomic E-state index is -0.0961. The van der Waals surface area contributed by atoms with Crippen LogP contribution in [-0.4, -0.2) is 10.5 Å². The largest absolute Gasteiger partial charge is 0.280 e. The zero-order valence-electron chi connectivity index (χ0n) is 11.4. The van der Waals surface area contributed by atoms with Crippen LogP contribution in [0.4, 0.5) is 5.69 Å². The first-order valence-electron chi connectivity index (χ1n) is 6.47. The van der Waals surface area contributed by atoms with E-state index in [9.17, 15) is 4.79 Å². The second-order valence-corrected chi connectivity index (χ2v) is 4.72. The van der Waals surface area contributed by atoms with E-state index in [0.717, 1.165) is 16.6 Å². The second-order valence-electron chi connectivity index (χ2n) is 4.72. The Labute approximate surface area is 121 Å². The van der Waals surface area contributed by atoms with Crippen molar-refractivity contribution in [3.63, 3.8) is 0 Å². The molecular formula is C16H12N4O. The molecule has 0 radical (unpaired) electrons. The molecule has 3 aromatic rings. The minimum Gasteiger partial charge on any atom is -0.280 e. The summed E-state index contributed by atoms with van der Waals surface area (Å²) in [7, 11) is 0. The van der Waals surface area contributed by atoms with Crippen LogP contribution in [-0.2, 0) is 0 Å². The number of carbonyl (C=O) groups is 1. The Morgan fingerprint density at radius 3 is 2.57 bits per heavy atom. The van der Waals surface area contributed by atoms with Crippen LogP contribution in [0.25, 0.3) is 21.3 Å². The lowest BCUT2D eigenvalue weighted by atomic mass is 10.2. The lowest BCUT2D eigenvalue weighted by Gasteiger charge is -2.07. The Bertz CT molecular complexity index is 871. The predicted molar refractivity (Wildman–Crippen MR) is 81.7 cm³/mol. The minimum absolute atomic E-state index is 0.0961. The number of para-hydroxylation sites is 1. The molecule has 21 heavy (non-hydrogen) atoms. The summed E-state index contributed by atoms with van der Waals surface area (Å²) in [5, 5.41) is 4.54. The van der Waals surface area contributed by atoms with E-state index in [1.807, 2.05) is 37.3 Å². The summed E-state index contributed by atoms with van der Waals surface area (Å²) in [4.78, 5) is 15.4. The lowest BCUT2D eigenvalue weighted by Crippen LogP contribution is -2.12. The summed E-state index contributed by atoms with van der Waals surface area (Å²) in [6, 6.07) is 16.4. The fourth-order valence-corrected chi connectivity index (χ4v) is 2.41. The van der Waals surface area contributed by atoms with Crippen LogP contribution in [0.3, 0.4) is 0 Å². The van der Waals surface area contributed by atoms with E-state index in [4.69, 9.17) is 5.53 Å². The summed E-state index contributed by atoms with van der Waals surface area (Å²) < 4.78 is 1.69. The summed E-state index contributed by atoms with van der Waals surface area (Å²) in [6.07, 6.45) is 0. The fourth-order valence-electron chi connectivity index (χ4n) is 2.41. The average Bonchev–Trinajstić information content (AvgIpc) is 2.83. The van der Waals surface area contributed by atoms with E-state index in [2.05, 4.69) is 10.0 Å². The van der Waals surface area contributed by atoms with Gasteiger partial charge in [0.05, 0.1) is 5.52 Å². The molecule has 102 valence electrons. The Morgan fingerprint density at radius 1 is 1.14 bits per heavy atom. The van der Waals surface area contributed by atoms with E-state index in [0.29, 0.717) is 11.3 Å². The summed E-state index contributed by atoms with van der Waals surface area (Å²) in [5.41, 5.74) is 11.2. The standard InChI is InChI=1S/C16H12N4O/c1-11-10-13-4-2-3-5-15(13)20(11)16(21)12-6-8-14(9-7-12)18-19-17/h2-10H,1H3. The SMILES string of the molecule is Cc1cc2ccccc2n1C(=O)c1ccc(N=[N+]=[N-])cc1. The Kier molecular flexibility index (Phi) is 3.18. The quantitative estimate of drug-likeness (QED) is 0.383. The summed E-state index contributed by atoms with van der Waals surface area (Å²) in [5.74, 6) is -0.0961. The number of fused-ring (bicyclic) bond motifs is 1. The van der Waals surface area contributed by atoms with Crippen molar-refractivity contribution in [1.82, 2.24) is 4.57 Å². The van der Waals surface area contributed by atoms with Crippen molar-refractivity contribution >= 4 is 22.5 Å². The van der Waals surface area contributed by atoms with Crippen molar-refractivity contribution in [2.45, 2.75) is 6.92 Å². The Balaban J connectivity index is 2.08. The van der Waals surface area contributed by atoms with Crippen molar-refractivity contribution in [2.24, 2.45) is 5.11 Å². The maximum absolute atomic E-state index is 12.7. The fraction of sp³-hybridized carbons (Fsp3) is 0.0625. The third-order valence-electron chi connectivity index (χ3n) is 3.37. The van der Waals surface area contributed by atoms with Crippen molar-refractivity contribution in [2.75, 3.05) is 0 Å². The van der Waals surface area contributed by atoms with Crippen LogP contribution in [0.15, 0.2) is 59.7 Å². The molecule has 0 aliphatic heterocycles. The van der Waals surface area contributed by atoms with Gasteiger partial charge in [-0.25, -0.2) is 0 Å². The van der Waals surface area contributed by atoms with E-state index < -0.39 is 0 Å². The Morgan fingerprint density at radius 2 is 1.86 bits per heavy atom. The smallest absolute Gasteiger partial charge is 0.262 e. The molecular weight excluding hydrogens is 264 g/mol. The van der Waals surface area contributed by atoms with Gasteiger partial charge in [0, 0.05) is 27.2 Å². The van der Waals surface area contributed by atoms with Crippen LogP contribution in [0, 0.1) is 6.92 Å². The van der Waals surface area contributed by atoms with Gasteiger partial charge in [-0.05, 0) is 36.7 Å². The maximum Gasteiger partial charge on any atom is 0.262 e. The van der Waals surface area contributed by atoms with Gasteiger partial charge in [0.15, 0.2) is 0 Å². The van der Waals surface area contributed by atoms with Gasteiger partial charge >= 0.3 is 0 Å². The van der Waals surface area contributed by atoms with Gasteiger partial charge in [0.2, 0.25) is 0 Å². The van der Waals surface area contributed by atoms with E-state index in [1.165, 1.54) is 0 Å². The third kappa shape index (κ3) is 2.26. The first-order chi connectivity index (χ1) is 10.2. The van der Waals surface area contributed by atoms with Crippen LogP contribution < -0.4 is 0 Å². The molecule has 0 saturated carbocycles. The average molecular weight is 276 g/mol. The number of hydrogen-bond donors (Lipinski definition) is 0. The third-order valence-corrected chi connectivity index (χ3v) is 3.37. The van der Waals surface area contributed by atoms with Gasteiger partial charge in [-0.3, -0.25) is 9.36 Å². The van der Waals surface area contributed by atoms with Crippen LogP contribution in [0.2, 0.25) is 0 Å². The molecule has 0 fully saturated rings. The highest BCUT2D eigenvalue weighted by molar-refractivity contribution is 6.03. The molecule has 0 spiro atoms. The van der Waals surface area contributed by atoms with Crippen molar-refractivity contribution in [3.8, 4) is 0 Å². The molecule has 0 saturated heterocycles. The second kappa shape index (κ2) is 5.15. The molecule has 5 heteroatoms. The van der Waals surface area contributed by atoms with E-state index in [1.54, 1.807) is 28.8 Å². The first-order valence-corrected chi connectivity index (χ1v) is 6.47. The van der Waals surface area contributed by atoms with Crippen LogP contribution in [0.1, 0.15) is 16.1 Å². The molecule has 0 N–H and O–H groups in total. The van der Waals surface area contributed by atoms with Crippen LogP contribution in [0.5, 0.6) is 0 Å². The molecule has 1 aromatic heterocycles. The molecule has 3 rings (SSSR count). The van der Waals surface area contributed by atoms with E-state index in [-0.39, 0.29) is 5.91 Å². The number of aryl methyl sites for hydroxylation is 1. The Hall–Kier alpha value is -3.04. The molecule has 0 atom stereocenters. The van der Waals surface area contributed by atoms with Gasteiger partial charge in [-0.15, -0.1) is 0 Å². The zero-order chi connectivity index (χ0) is 14.8. The molecule has 0 aliphatic carbocycles. The molecule has 2 aromatic carbocycles. The summed E-state index contributed by atoms with van der Waals surface area (Å²) in [6.45, 7) is 1.91. The van der Waals surface area contributed by atoms with Crippen LogP contribution >= 0.6 is 0 Å². The maximum atomic E-state index is 12.7. The first kappa shape index (κ1) is 13.0. The molecule has 0 bridgehead atoms. The topological polar surface area (TPSA) is 70.8 Å². The molecule has 5 nitrogen and oxygen atoms in total. The summed E-state index contributed by atoms with van der Waals surface area (Å²) >= 11 is 0. The molecule has 0 amide bonds. The van der Waals surface area contributed by atoms with Crippen molar-refractivity contribution in [1.29, 1.82) is 0 Å². The monoisotopic (exact) mass is 276 g/mol. The van der Waals surface area contributed by atoms with E-state index >= 15 is 0 Å². The zero-order valence-corrected chi connectivity index (χ0v) is 11.4. The number of rotatable bonds is 2. The number of carbonyl (C=O) groups excluding carboxylic acids is 1. The number of hydrogen-bond acceptors (Lipinski definition) is 2. The number of benzene rings is 2. The number of aromatic nitrogens is 1. The molecule has 0 unspecified atom stereocenters. The highest BCUT2D eigenvalue weighted by Crippen LogP contribution is 2.21. The van der Waals surface area contributed by atoms with Crippen molar-refractivity contribution < 1.29 is 4.79 Å². The van der Waals surface area contributed by atoms with Gasteiger partial charge in [0.25, 0.3) is 5.91 Å². The highest BCUT2D eigenvalue weighted by atomic mass is 16.2. The normalized spacial score (nSPS) is 10.3. The molecule has 1 heterocycles. The van der Waals surface area contributed by atoms with Gasteiger partial charge < -0.3 is 0 Å². The molecule has 0 aliphatic rings. The highest BCUT2D eigenvalue weighted by Gasteiger charge is 2.14. The predicted octanol–water partition coefficient (Wildman–Crippen LogP) is 4.58. The lowest BCUT2D eigenvalue weighted by molar-refractivity contribution is 0.0963. The van der Waals surface area contributed by atoms with Gasteiger partial charge in [-0.1, -0.05) is 35.4 Å².